The molecule has 31 heavy (non-hydrogen) atoms. The first-order valence-electron chi connectivity index (χ1n) is 9.53. The molecule has 1 amide bonds. The van der Waals surface area contributed by atoms with Gasteiger partial charge in [0.15, 0.2) is 0 Å². The van der Waals surface area contributed by atoms with E-state index < -0.39 is 11.7 Å². The molecule has 1 aliphatic rings. The highest BCUT2D eigenvalue weighted by atomic mass is 32.1. The zero-order valence-electron chi connectivity index (χ0n) is 16.1. The largest absolute Gasteiger partial charge is 0.417 e. The molecule has 1 aliphatic heterocycles. The predicted molar refractivity (Wildman–Crippen MR) is 117 cm³/mol. The Balaban J connectivity index is 1.62. The van der Waals surface area contributed by atoms with Crippen LogP contribution < -0.4 is 5.73 Å². The van der Waals surface area contributed by atoms with Crippen molar-refractivity contribution < 1.29 is 18.0 Å². The Morgan fingerprint density at radius 1 is 1.16 bits per heavy atom. The number of alkyl halides is 3. The standard InChI is InChI=1S/C22H16F3N3OS2/c23-22(24,25)14-10-15(12-4-2-1-3-5-12)27-20-17(14)18(26)19(31-20)21(29)28-8-6-16-13(11-28)7-9-30-16/h1-5,7,9-10H,6,8,11,26H2. The van der Waals surface area contributed by atoms with Crippen LogP contribution in [0.2, 0.25) is 0 Å². The number of pyridine rings is 1. The van der Waals surface area contributed by atoms with E-state index in [-0.39, 0.29) is 32.4 Å². The van der Waals surface area contributed by atoms with Crippen LogP contribution in [0.4, 0.5) is 18.9 Å². The van der Waals surface area contributed by atoms with E-state index in [4.69, 9.17) is 5.73 Å². The zero-order valence-corrected chi connectivity index (χ0v) is 17.7. The van der Waals surface area contributed by atoms with E-state index in [0.29, 0.717) is 18.7 Å². The summed E-state index contributed by atoms with van der Waals surface area (Å²) in [4.78, 5) is 20.7. The number of carbonyl (C=O) groups excluding carboxylic acids is 1. The van der Waals surface area contributed by atoms with E-state index in [9.17, 15) is 18.0 Å². The van der Waals surface area contributed by atoms with E-state index in [1.54, 1.807) is 46.6 Å². The average Bonchev–Trinajstić information content (AvgIpc) is 3.36. The van der Waals surface area contributed by atoms with Gasteiger partial charge in [0.2, 0.25) is 0 Å². The van der Waals surface area contributed by atoms with Crippen LogP contribution in [-0.2, 0) is 19.1 Å². The molecular weight excluding hydrogens is 443 g/mol. The molecule has 0 aliphatic carbocycles. The molecule has 0 saturated carbocycles. The van der Waals surface area contributed by atoms with Crippen molar-refractivity contribution in [3.05, 3.63) is 68.7 Å². The van der Waals surface area contributed by atoms with Crippen molar-refractivity contribution in [2.24, 2.45) is 0 Å². The molecule has 3 aromatic heterocycles. The van der Waals surface area contributed by atoms with Crippen LogP contribution in [0.3, 0.4) is 0 Å². The highest BCUT2D eigenvalue weighted by Crippen LogP contribution is 2.44. The van der Waals surface area contributed by atoms with E-state index in [1.807, 2.05) is 11.4 Å². The summed E-state index contributed by atoms with van der Waals surface area (Å²) in [5.41, 5.74) is 6.94. The lowest BCUT2D eigenvalue weighted by Crippen LogP contribution is -2.35. The highest BCUT2D eigenvalue weighted by molar-refractivity contribution is 7.21. The van der Waals surface area contributed by atoms with Crippen molar-refractivity contribution in [3.8, 4) is 11.3 Å². The van der Waals surface area contributed by atoms with Crippen molar-refractivity contribution in [1.82, 2.24) is 9.88 Å². The number of benzene rings is 1. The molecule has 0 spiro atoms. The van der Waals surface area contributed by atoms with Gasteiger partial charge in [-0.05, 0) is 29.5 Å². The normalized spacial score (nSPS) is 14.1. The zero-order chi connectivity index (χ0) is 21.8. The Morgan fingerprint density at radius 3 is 2.68 bits per heavy atom. The third kappa shape index (κ3) is 3.47. The third-order valence-corrected chi connectivity index (χ3v) is 7.47. The number of nitrogens with zero attached hydrogens (tertiary/aromatic N) is 2. The molecule has 0 unspecified atom stereocenters. The molecule has 2 N–H and O–H groups in total. The van der Waals surface area contributed by atoms with Crippen LogP contribution in [-0.4, -0.2) is 22.3 Å². The van der Waals surface area contributed by atoms with Crippen LogP contribution in [0.1, 0.15) is 25.7 Å². The predicted octanol–water partition coefficient (Wildman–Crippen LogP) is 5.82. The lowest BCUT2D eigenvalue weighted by Gasteiger charge is -2.26. The molecule has 0 fully saturated rings. The van der Waals surface area contributed by atoms with Gasteiger partial charge in [-0.2, -0.15) is 13.2 Å². The first-order valence-corrected chi connectivity index (χ1v) is 11.2. The summed E-state index contributed by atoms with van der Waals surface area (Å²) < 4.78 is 41.7. The summed E-state index contributed by atoms with van der Waals surface area (Å²) in [5.74, 6) is -0.355. The minimum Gasteiger partial charge on any atom is -0.397 e. The minimum atomic E-state index is -4.63. The molecule has 158 valence electrons. The van der Waals surface area contributed by atoms with Gasteiger partial charge >= 0.3 is 6.18 Å². The van der Waals surface area contributed by atoms with Crippen LogP contribution in [0.25, 0.3) is 21.5 Å². The van der Waals surface area contributed by atoms with Crippen molar-refractivity contribution in [2.45, 2.75) is 19.1 Å². The fourth-order valence-electron chi connectivity index (χ4n) is 3.83. The van der Waals surface area contributed by atoms with E-state index >= 15 is 0 Å². The second kappa shape index (κ2) is 7.35. The average molecular weight is 460 g/mol. The summed E-state index contributed by atoms with van der Waals surface area (Å²) in [6.07, 6.45) is -3.90. The lowest BCUT2D eigenvalue weighted by atomic mass is 10.0. The van der Waals surface area contributed by atoms with E-state index in [1.165, 1.54) is 4.88 Å². The fraction of sp³-hybridized carbons (Fsp3) is 0.182. The topological polar surface area (TPSA) is 59.2 Å². The first kappa shape index (κ1) is 20.0. The van der Waals surface area contributed by atoms with Gasteiger partial charge in [-0.25, -0.2) is 4.98 Å². The monoisotopic (exact) mass is 459 g/mol. The van der Waals surface area contributed by atoms with Crippen LogP contribution in [0.15, 0.2) is 47.8 Å². The second-order valence-electron chi connectivity index (χ2n) is 7.29. The van der Waals surface area contributed by atoms with Gasteiger partial charge in [-0.3, -0.25) is 4.79 Å². The number of aromatic nitrogens is 1. The second-order valence-corrected chi connectivity index (χ2v) is 9.29. The molecule has 0 radical (unpaired) electrons. The number of hydrogen-bond donors (Lipinski definition) is 1. The molecule has 4 aromatic rings. The van der Waals surface area contributed by atoms with Crippen molar-refractivity contribution in [3.63, 3.8) is 0 Å². The van der Waals surface area contributed by atoms with Gasteiger partial charge in [0.25, 0.3) is 5.91 Å². The lowest BCUT2D eigenvalue weighted by molar-refractivity contribution is -0.136. The first-order chi connectivity index (χ1) is 14.8. The minimum absolute atomic E-state index is 0.108. The molecule has 4 nitrogen and oxygen atoms in total. The maximum atomic E-state index is 13.9. The number of carbonyl (C=O) groups is 1. The highest BCUT2D eigenvalue weighted by Gasteiger charge is 2.37. The maximum absolute atomic E-state index is 13.9. The Labute approximate surface area is 183 Å². The number of fused-ring (bicyclic) bond motifs is 2. The third-order valence-electron chi connectivity index (χ3n) is 5.36. The number of hydrogen-bond acceptors (Lipinski definition) is 5. The number of halogens is 3. The smallest absolute Gasteiger partial charge is 0.397 e. The van der Waals surface area contributed by atoms with E-state index in [0.717, 1.165) is 29.4 Å². The van der Waals surface area contributed by atoms with Gasteiger partial charge in [0, 0.05) is 28.9 Å². The number of thiophene rings is 2. The van der Waals surface area contributed by atoms with Crippen molar-refractivity contribution in [1.29, 1.82) is 0 Å². The number of nitrogen functional groups attached to an aromatic ring is 1. The molecule has 0 atom stereocenters. The molecule has 1 aromatic carbocycles. The Kier molecular flexibility index (Phi) is 4.75. The SMILES string of the molecule is Nc1c(C(=O)N2CCc3sccc3C2)sc2nc(-c3ccccc3)cc(C(F)(F)F)c12. The Bertz CT molecular complexity index is 1290. The van der Waals surface area contributed by atoms with Crippen molar-refractivity contribution >= 4 is 44.5 Å². The number of anilines is 1. The summed E-state index contributed by atoms with van der Waals surface area (Å²) in [6, 6.07) is 11.6. The van der Waals surface area contributed by atoms with E-state index in [2.05, 4.69) is 4.98 Å². The quantitative estimate of drug-likeness (QED) is 0.411. The molecule has 0 saturated heterocycles. The number of nitrogens with two attached hydrogens (primary N) is 1. The fourth-order valence-corrected chi connectivity index (χ4v) is 5.80. The number of amides is 1. The van der Waals surface area contributed by atoms with Gasteiger partial charge in [0.1, 0.15) is 9.71 Å². The summed E-state index contributed by atoms with van der Waals surface area (Å²) in [5, 5.41) is 1.78. The van der Waals surface area contributed by atoms with Gasteiger partial charge in [-0.1, -0.05) is 30.3 Å². The molecule has 4 heterocycles. The Morgan fingerprint density at radius 2 is 1.94 bits per heavy atom. The summed E-state index contributed by atoms with van der Waals surface area (Å²) in [7, 11) is 0. The number of rotatable bonds is 2. The maximum Gasteiger partial charge on any atom is 0.417 e. The van der Waals surface area contributed by atoms with Gasteiger partial charge < -0.3 is 10.6 Å². The van der Waals surface area contributed by atoms with Crippen LogP contribution in [0, 0.1) is 0 Å². The molecular formula is C22H16F3N3OS2. The summed E-state index contributed by atoms with van der Waals surface area (Å²) >= 11 is 2.57. The molecule has 9 heteroatoms. The van der Waals surface area contributed by atoms with Gasteiger partial charge in [0.05, 0.1) is 16.9 Å². The van der Waals surface area contributed by atoms with Crippen molar-refractivity contribution in [2.75, 3.05) is 12.3 Å². The Hall–Kier alpha value is -2.91. The van der Waals surface area contributed by atoms with Gasteiger partial charge in [-0.15, -0.1) is 22.7 Å². The summed E-state index contributed by atoms with van der Waals surface area (Å²) in [6.45, 7) is 0.940. The van der Waals surface area contributed by atoms with Crippen LogP contribution >= 0.6 is 22.7 Å². The molecule has 0 bridgehead atoms. The molecule has 5 rings (SSSR count). The van der Waals surface area contributed by atoms with Crippen LogP contribution in [0.5, 0.6) is 0 Å².